The molecule has 2 rings (SSSR count). The third-order valence-electron chi connectivity index (χ3n) is 2.61. The maximum absolute atomic E-state index is 12.0. The van der Waals surface area contributed by atoms with E-state index in [0.29, 0.717) is 5.69 Å². The zero-order valence-corrected chi connectivity index (χ0v) is 10.9. The minimum atomic E-state index is -0.615. The van der Waals surface area contributed by atoms with Crippen LogP contribution in [0.2, 0.25) is 5.02 Å². The van der Waals surface area contributed by atoms with Crippen LogP contribution < -0.4 is 11.1 Å². The molecular formula is C13H10ClN3O3. The van der Waals surface area contributed by atoms with Crippen LogP contribution in [0.1, 0.15) is 10.4 Å². The molecule has 2 aromatic carbocycles. The number of hydrogen-bond donors (Lipinski definition) is 2. The molecule has 0 atom stereocenters. The molecule has 6 nitrogen and oxygen atoms in total. The molecule has 0 aliphatic rings. The second-order valence-electron chi connectivity index (χ2n) is 3.96. The van der Waals surface area contributed by atoms with Gasteiger partial charge in [-0.15, -0.1) is 0 Å². The lowest BCUT2D eigenvalue weighted by Gasteiger charge is -2.08. The van der Waals surface area contributed by atoms with E-state index in [0.717, 1.165) is 0 Å². The minimum absolute atomic E-state index is 0.0626. The molecule has 0 aromatic heterocycles. The van der Waals surface area contributed by atoms with Crippen molar-refractivity contribution in [1.82, 2.24) is 0 Å². The Morgan fingerprint density at radius 2 is 1.95 bits per heavy atom. The van der Waals surface area contributed by atoms with E-state index in [2.05, 4.69) is 5.32 Å². The first-order valence-corrected chi connectivity index (χ1v) is 5.96. The van der Waals surface area contributed by atoms with Gasteiger partial charge in [0.1, 0.15) is 5.69 Å². The molecule has 0 fully saturated rings. The van der Waals surface area contributed by atoms with Gasteiger partial charge in [-0.2, -0.15) is 0 Å². The Morgan fingerprint density at radius 1 is 1.25 bits per heavy atom. The van der Waals surface area contributed by atoms with E-state index in [9.17, 15) is 14.9 Å². The molecule has 102 valence electrons. The Labute approximate surface area is 119 Å². The van der Waals surface area contributed by atoms with Crippen LogP contribution in [0.25, 0.3) is 0 Å². The number of hydrogen-bond acceptors (Lipinski definition) is 4. The van der Waals surface area contributed by atoms with Crippen molar-refractivity contribution in [1.29, 1.82) is 0 Å². The van der Waals surface area contributed by atoms with Gasteiger partial charge >= 0.3 is 0 Å². The average molecular weight is 292 g/mol. The third kappa shape index (κ3) is 2.86. The molecule has 0 heterocycles. The fourth-order valence-corrected chi connectivity index (χ4v) is 1.82. The molecule has 20 heavy (non-hydrogen) atoms. The Kier molecular flexibility index (Phi) is 3.86. The standard InChI is InChI=1S/C13H10ClN3O3/c14-8-5-6-11(12(7-8)17(19)20)16-13(18)9-3-1-2-4-10(9)15/h1-7H,15H2,(H,16,18). The Hall–Kier alpha value is -2.60. The van der Waals surface area contributed by atoms with Crippen molar-refractivity contribution in [3.8, 4) is 0 Å². The van der Waals surface area contributed by atoms with E-state index < -0.39 is 10.8 Å². The number of nitro groups is 1. The van der Waals surface area contributed by atoms with Gasteiger partial charge in [-0.25, -0.2) is 0 Å². The summed E-state index contributed by atoms with van der Waals surface area (Å²) in [5.74, 6) is -0.520. The van der Waals surface area contributed by atoms with Gasteiger partial charge in [0, 0.05) is 16.8 Å². The number of carbonyl (C=O) groups excluding carboxylic acids is 1. The molecule has 0 aliphatic heterocycles. The van der Waals surface area contributed by atoms with E-state index >= 15 is 0 Å². The predicted molar refractivity (Wildman–Crippen MR) is 76.9 cm³/mol. The number of anilines is 2. The fourth-order valence-electron chi connectivity index (χ4n) is 1.65. The van der Waals surface area contributed by atoms with E-state index in [1.54, 1.807) is 18.2 Å². The van der Waals surface area contributed by atoms with Gasteiger partial charge < -0.3 is 11.1 Å². The quantitative estimate of drug-likeness (QED) is 0.516. The number of para-hydroxylation sites is 1. The molecule has 0 spiro atoms. The van der Waals surface area contributed by atoms with Crippen LogP contribution in [0.3, 0.4) is 0 Å². The summed E-state index contributed by atoms with van der Waals surface area (Å²) in [6, 6.07) is 10.5. The van der Waals surface area contributed by atoms with E-state index in [1.807, 2.05) is 0 Å². The lowest BCUT2D eigenvalue weighted by atomic mass is 10.1. The molecule has 0 aliphatic carbocycles. The van der Waals surface area contributed by atoms with Crippen molar-refractivity contribution in [3.63, 3.8) is 0 Å². The first kappa shape index (κ1) is 13.8. The minimum Gasteiger partial charge on any atom is -0.398 e. The summed E-state index contributed by atoms with van der Waals surface area (Å²) in [7, 11) is 0. The van der Waals surface area contributed by atoms with Crippen LogP contribution in [0.5, 0.6) is 0 Å². The maximum Gasteiger partial charge on any atom is 0.294 e. The number of halogens is 1. The predicted octanol–water partition coefficient (Wildman–Crippen LogP) is 3.08. The van der Waals surface area contributed by atoms with Crippen LogP contribution in [-0.4, -0.2) is 10.8 Å². The molecule has 3 N–H and O–H groups in total. The summed E-state index contributed by atoms with van der Waals surface area (Å²) in [4.78, 5) is 22.4. The number of benzene rings is 2. The molecule has 0 saturated heterocycles. The molecule has 0 bridgehead atoms. The number of nitrogens with two attached hydrogens (primary N) is 1. The van der Waals surface area contributed by atoms with Gasteiger partial charge in [0.25, 0.3) is 11.6 Å². The first-order valence-electron chi connectivity index (χ1n) is 5.59. The highest BCUT2D eigenvalue weighted by Gasteiger charge is 2.18. The fraction of sp³-hybridized carbons (Fsp3) is 0. The van der Waals surface area contributed by atoms with Crippen LogP contribution in [0, 0.1) is 10.1 Å². The molecule has 2 aromatic rings. The number of amides is 1. The number of nitrogen functional groups attached to an aromatic ring is 1. The summed E-state index contributed by atoms with van der Waals surface area (Å²) < 4.78 is 0. The molecule has 7 heteroatoms. The maximum atomic E-state index is 12.0. The topological polar surface area (TPSA) is 98.3 Å². The van der Waals surface area contributed by atoms with Crippen molar-refractivity contribution >= 4 is 34.6 Å². The highest BCUT2D eigenvalue weighted by atomic mass is 35.5. The first-order chi connectivity index (χ1) is 9.49. The van der Waals surface area contributed by atoms with Gasteiger partial charge in [-0.1, -0.05) is 23.7 Å². The van der Waals surface area contributed by atoms with Crippen molar-refractivity contribution in [3.05, 3.63) is 63.2 Å². The molecule has 0 unspecified atom stereocenters. The summed E-state index contributed by atoms with van der Waals surface area (Å²) in [5.41, 5.74) is 6.01. The van der Waals surface area contributed by atoms with Crippen molar-refractivity contribution < 1.29 is 9.72 Å². The van der Waals surface area contributed by atoms with Crippen LogP contribution in [-0.2, 0) is 0 Å². The SMILES string of the molecule is Nc1ccccc1C(=O)Nc1ccc(Cl)cc1[N+](=O)[O-]. The van der Waals surface area contributed by atoms with Crippen LogP contribution >= 0.6 is 11.6 Å². The third-order valence-corrected chi connectivity index (χ3v) is 2.85. The highest BCUT2D eigenvalue weighted by Crippen LogP contribution is 2.28. The summed E-state index contributed by atoms with van der Waals surface area (Å²) in [6.07, 6.45) is 0. The van der Waals surface area contributed by atoms with Crippen molar-refractivity contribution in [2.75, 3.05) is 11.1 Å². The van der Waals surface area contributed by atoms with E-state index in [-0.39, 0.29) is 22.0 Å². The van der Waals surface area contributed by atoms with E-state index in [4.69, 9.17) is 17.3 Å². The number of nitrogens with zero attached hydrogens (tertiary/aromatic N) is 1. The lowest BCUT2D eigenvalue weighted by Crippen LogP contribution is -2.14. The zero-order chi connectivity index (χ0) is 14.7. The summed E-state index contributed by atoms with van der Waals surface area (Å²) >= 11 is 5.70. The second kappa shape index (κ2) is 5.58. The second-order valence-corrected chi connectivity index (χ2v) is 4.40. The largest absolute Gasteiger partial charge is 0.398 e. The lowest BCUT2D eigenvalue weighted by molar-refractivity contribution is -0.383. The van der Waals surface area contributed by atoms with Gasteiger partial charge in [0.15, 0.2) is 0 Å². The number of nitro benzene ring substituents is 1. The molecule has 0 saturated carbocycles. The molecular weight excluding hydrogens is 282 g/mol. The average Bonchev–Trinajstić information content (AvgIpc) is 2.41. The normalized spacial score (nSPS) is 10.1. The monoisotopic (exact) mass is 291 g/mol. The summed E-state index contributed by atoms with van der Waals surface area (Å²) in [5, 5.41) is 13.6. The van der Waals surface area contributed by atoms with Crippen molar-refractivity contribution in [2.24, 2.45) is 0 Å². The molecule has 0 radical (unpaired) electrons. The van der Waals surface area contributed by atoms with Gasteiger partial charge in [0.05, 0.1) is 10.5 Å². The van der Waals surface area contributed by atoms with Crippen LogP contribution in [0.4, 0.5) is 17.1 Å². The Balaban J connectivity index is 2.33. The zero-order valence-electron chi connectivity index (χ0n) is 10.2. The van der Waals surface area contributed by atoms with Gasteiger partial charge in [-0.3, -0.25) is 14.9 Å². The smallest absolute Gasteiger partial charge is 0.294 e. The van der Waals surface area contributed by atoms with Gasteiger partial charge in [0.2, 0.25) is 0 Å². The Morgan fingerprint density at radius 3 is 2.60 bits per heavy atom. The Bertz CT molecular complexity index is 688. The van der Waals surface area contributed by atoms with Crippen molar-refractivity contribution in [2.45, 2.75) is 0 Å². The highest BCUT2D eigenvalue weighted by molar-refractivity contribution is 6.31. The van der Waals surface area contributed by atoms with Gasteiger partial charge in [-0.05, 0) is 24.3 Å². The van der Waals surface area contributed by atoms with Crippen LogP contribution in [0.15, 0.2) is 42.5 Å². The number of carbonyl (C=O) groups is 1. The number of nitrogens with one attached hydrogen (secondary N) is 1. The number of rotatable bonds is 3. The molecule has 1 amide bonds. The summed E-state index contributed by atoms with van der Waals surface area (Å²) in [6.45, 7) is 0. The van der Waals surface area contributed by atoms with E-state index in [1.165, 1.54) is 24.3 Å².